The lowest BCUT2D eigenvalue weighted by Crippen LogP contribution is -2.44. The zero-order chi connectivity index (χ0) is 15.3. The second kappa shape index (κ2) is 6.85. The van der Waals surface area contributed by atoms with Gasteiger partial charge in [0.1, 0.15) is 0 Å². The van der Waals surface area contributed by atoms with Gasteiger partial charge in [-0.1, -0.05) is 18.2 Å². The summed E-state index contributed by atoms with van der Waals surface area (Å²) in [6.07, 6.45) is 4.22. The molecule has 1 aliphatic carbocycles. The van der Waals surface area contributed by atoms with Crippen molar-refractivity contribution in [1.82, 2.24) is 5.32 Å². The molecule has 2 rings (SSSR count). The maximum atomic E-state index is 12.4. The lowest BCUT2D eigenvalue weighted by molar-refractivity contribution is -0.136. The molecule has 0 spiro atoms. The molecule has 2 N–H and O–H groups in total. The van der Waals surface area contributed by atoms with Crippen LogP contribution in [-0.2, 0) is 4.79 Å². The van der Waals surface area contributed by atoms with Gasteiger partial charge in [-0.3, -0.25) is 9.69 Å². The number of hydrogen-bond acceptors (Lipinski definition) is 3. The molecule has 1 fully saturated rings. The Kier molecular flexibility index (Phi) is 5.12. The lowest BCUT2D eigenvalue weighted by atomic mass is 10.2. The highest BCUT2D eigenvalue weighted by Gasteiger charge is 2.42. The van der Waals surface area contributed by atoms with E-state index in [-0.39, 0.29) is 23.7 Å². The minimum absolute atomic E-state index is 0.0734. The fourth-order valence-electron chi connectivity index (χ4n) is 2.09. The van der Waals surface area contributed by atoms with Gasteiger partial charge in [-0.25, -0.2) is 4.79 Å². The van der Waals surface area contributed by atoms with E-state index in [0.717, 1.165) is 12.8 Å². The van der Waals surface area contributed by atoms with E-state index in [2.05, 4.69) is 11.6 Å². The second-order valence-corrected chi connectivity index (χ2v) is 6.45. The van der Waals surface area contributed by atoms with Crippen molar-refractivity contribution in [1.29, 1.82) is 0 Å². The minimum atomic E-state index is -0.911. The summed E-state index contributed by atoms with van der Waals surface area (Å²) in [4.78, 5) is 24.6. The number of nitrogens with zero attached hydrogens (tertiary/aromatic N) is 1. The molecule has 6 heteroatoms. The highest BCUT2D eigenvalue weighted by molar-refractivity contribution is 8.00. The van der Waals surface area contributed by atoms with Crippen LogP contribution in [-0.4, -0.2) is 41.2 Å². The first kappa shape index (κ1) is 15.7. The fraction of sp³-hybridized carbons (Fsp3) is 0.467. The molecule has 2 amide bonds. The topological polar surface area (TPSA) is 69.6 Å². The molecule has 0 radical (unpaired) electrons. The number of rotatable bonds is 7. The van der Waals surface area contributed by atoms with E-state index in [1.54, 1.807) is 11.8 Å². The van der Waals surface area contributed by atoms with E-state index in [1.165, 1.54) is 4.90 Å². The zero-order valence-corrected chi connectivity index (χ0v) is 12.9. The smallest absolute Gasteiger partial charge is 0.321 e. The number of nitrogens with one attached hydrogen (secondary N) is 1. The fourth-order valence-corrected chi connectivity index (χ4v) is 2.81. The molecule has 0 atom stereocenters. The van der Waals surface area contributed by atoms with Gasteiger partial charge in [-0.15, -0.1) is 0 Å². The van der Waals surface area contributed by atoms with Gasteiger partial charge in [0.05, 0.1) is 6.42 Å². The maximum Gasteiger partial charge on any atom is 0.321 e. The summed E-state index contributed by atoms with van der Waals surface area (Å²) < 4.78 is 0.185. The van der Waals surface area contributed by atoms with Crippen LogP contribution in [0.2, 0.25) is 0 Å². The number of para-hydroxylation sites is 1. The van der Waals surface area contributed by atoms with Crippen molar-refractivity contribution in [3.05, 3.63) is 30.3 Å². The van der Waals surface area contributed by atoms with Gasteiger partial charge in [-0.2, -0.15) is 11.8 Å². The number of carbonyl (C=O) groups is 2. The number of anilines is 1. The molecule has 1 aliphatic rings. The lowest BCUT2D eigenvalue weighted by Gasteiger charge is -2.24. The summed E-state index contributed by atoms with van der Waals surface area (Å²) in [6.45, 7) is 0.793. The summed E-state index contributed by atoms with van der Waals surface area (Å²) >= 11 is 1.78. The van der Waals surface area contributed by atoms with E-state index >= 15 is 0 Å². The Balaban J connectivity index is 2.00. The Bertz CT molecular complexity index is 503. The molecule has 114 valence electrons. The predicted molar refractivity (Wildman–Crippen MR) is 84.9 cm³/mol. The number of amides is 2. The van der Waals surface area contributed by atoms with Crippen LogP contribution in [0.25, 0.3) is 0 Å². The Morgan fingerprint density at radius 3 is 2.52 bits per heavy atom. The molecular weight excluding hydrogens is 288 g/mol. The van der Waals surface area contributed by atoms with Crippen LogP contribution < -0.4 is 10.2 Å². The first-order valence-electron chi connectivity index (χ1n) is 6.94. The first-order chi connectivity index (χ1) is 10.1. The molecule has 0 bridgehead atoms. The Labute approximate surface area is 128 Å². The van der Waals surface area contributed by atoms with E-state index in [9.17, 15) is 9.59 Å². The van der Waals surface area contributed by atoms with Crippen LogP contribution >= 0.6 is 11.8 Å². The molecule has 0 heterocycles. The molecule has 21 heavy (non-hydrogen) atoms. The number of thioether (sulfide) groups is 1. The third-order valence-corrected chi connectivity index (χ3v) is 5.08. The second-order valence-electron chi connectivity index (χ2n) is 5.18. The minimum Gasteiger partial charge on any atom is -0.481 e. The van der Waals surface area contributed by atoms with Crippen LogP contribution in [0.5, 0.6) is 0 Å². The first-order valence-corrected chi connectivity index (χ1v) is 8.16. The Hall–Kier alpha value is -1.69. The highest BCUT2D eigenvalue weighted by atomic mass is 32.2. The molecule has 1 saturated carbocycles. The predicted octanol–water partition coefficient (Wildman–Crippen LogP) is 2.57. The molecule has 0 unspecified atom stereocenters. The molecular formula is C15H20N2O3S. The van der Waals surface area contributed by atoms with E-state index < -0.39 is 5.97 Å². The van der Waals surface area contributed by atoms with Crippen LogP contribution in [0, 0.1) is 0 Å². The van der Waals surface area contributed by atoms with Gasteiger partial charge in [-0.05, 0) is 31.2 Å². The van der Waals surface area contributed by atoms with Crippen molar-refractivity contribution in [2.45, 2.75) is 24.0 Å². The van der Waals surface area contributed by atoms with Crippen LogP contribution in [0.15, 0.2) is 30.3 Å². The number of carbonyl (C=O) groups excluding carboxylic acids is 1. The molecule has 0 aliphatic heterocycles. The summed E-state index contributed by atoms with van der Waals surface area (Å²) in [6, 6.07) is 8.92. The van der Waals surface area contributed by atoms with Gasteiger partial charge in [0.15, 0.2) is 0 Å². The quantitative estimate of drug-likeness (QED) is 0.812. The van der Waals surface area contributed by atoms with Gasteiger partial charge in [0.25, 0.3) is 0 Å². The van der Waals surface area contributed by atoms with Gasteiger partial charge >= 0.3 is 12.0 Å². The monoisotopic (exact) mass is 308 g/mol. The van der Waals surface area contributed by atoms with Crippen molar-refractivity contribution < 1.29 is 14.7 Å². The normalized spacial score (nSPS) is 15.3. The summed E-state index contributed by atoms with van der Waals surface area (Å²) in [5.74, 6) is -0.911. The molecule has 1 aromatic rings. The van der Waals surface area contributed by atoms with Gasteiger partial charge in [0.2, 0.25) is 0 Å². The summed E-state index contributed by atoms with van der Waals surface area (Å²) in [5, 5.41) is 11.8. The van der Waals surface area contributed by atoms with E-state index in [0.29, 0.717) is 12.2 Å². The van der Waals surface area contributed by atoms with Crippen molar-refractivity contribution >= 4 is 29.4 Å². The van der Waals surface area contributed by atoms with E-state index in [1.807, 2.05) is 30.3 Å². The Morgan fingerprint density at radius 1 is 1.33 bits per heavy atom. The SMILES string of the molecule is CSC1(CNC(=O)N(CCC(=O)O)c2ccccc2)CC1. The standard InChI is InChI=1S/C15H20N2O3S/c1-21-15(8-9-15)11-16-14(20)17(10-7-13(18)19)12-5-3-2-4-6-12/h2-6H,7-11H2,1H3,(H,16,20)(H,18,19). The number of urea groups is 1. The van der Waals surface area contributed by atoms with Crippen molar-refractivity contribution in [3.8, 4) is 0 Å². The van der Waals surface area contributed by atoms with Crippen LogP contribution in [0.3, 0.4) is 0 Å². The number of carboxylic acids is 1. The molecule has 0 aromatic heterocycles. The number of benzene rings is 1. The number of carboxylic acid groups (broad SMARTS) is 1. The Morgan fingerprint density at radius 2 is 2.00 bits per heavy atom. The van der Waals surface area contributed by atoms with Crippen molar-refractivity contribution in [2.24, 2.45) is 0 Å². The number of aliphatic carboxylic acids is 1. The largest absolute Gasteiger partial charge is 0.481 e. The van der Waals surface area contributed by atoms with Crippen molar-refractivity contribution in [2.75, 3.05) is 24.2 Å². The maximum absolute atomic E-state index is 12.4. The van der Waals surface area contributed by atoms with Crippen LogP contribution in [0.1, 0.15) is 19.3 Å². The molecule has 5 nitrogen and oxygen atoms in total. The third-order valence-electron chi connectivity index (χ3n) is 3.66. The van der Waals surface area contributed by atoms with Gasteiger partial charge < -0.3 is 10.4 Å². The highest BCUT2D eigenvalue weighted by Crippen LogP contribution is 2.46. The van der Waals surface area contributed by atoms with Gasteiger partial charge in [0, 0.05) is 23.5 Å². The summed E-state index contributed by atoms with van der Waals surface area (Å²) in [5.41, 5.74) is 0.713. The molecule has 0 saturated heterocycles. The zero-order valence-electron chi connectivity index (χ0n) is 12.0. The molecule has 1 aromatic carbocycles. The average molecular weight is 308 g/mol. The van der Waals surface area contributed by atoms with Crippen LogP contribution in [0.4, 0.5) is 10.5 Å². The number of hydrogen-bond donors (Lipinski definition) is 2. The van der Waals surface area contributed by atoms with E-state index in [4.69, 9.17) is 5.11 Å². The van der Waals surface area contributed by atoms with Crippen molar-refractivity contribution in [3.63, 3.8) is 0 Å². The third kappa shape index (κ3) is 4.39. The average Bonchev–Trinajstić information content (AvgIpc) is 3.27. The summed E-state index contributed by atoms with van der Waals surface area (Å²) in [7, 11) is 0.